The zero-order valence-corrected chi connectivity index (χ0v) is 17.7. The second kappa shape index (κ2) is 8.79. The highest BCUT2D eigenvalue weighted by atomic mass is 16.5. The summed E-state index contributed by atoms with van der Waals surface area (Å²) in [6, 6.07) is 11.9. The molecule has 0 amide bonds. The molecule has 0 saturated carbocycles. The smallest absolute Gasteiger partial charge is 0.243 e. The van der Waals surface area contributed by atoms with Crippen LogP contribution < -0.4 is 10.1 Å². The van der Waals surface area contributed by atoms with E-state index in [1.54, 1.807) is 6.20 Å². The third-order valence-corrected chi connectivity index (χ3v) is 5.58. The number of hydrogen-bond acceptors (Lipinski definition) is 6. The topological polar surface area (TPSA) is 80.2 Å². The van der Waals surface area contributed by atoms with Crippen molar-refractivity contribution in [1.29, 1.82) is 0 Å². The number of aliphatic hydroxyl groups is 1. The number of hydrogen-bond donors (Lipinski definition) is 2. The van der Waals surface area contributed by atoms with E-state index in [1.165, 1.54) is 5.56 Å². The molecule has 2 N–H and O–H groups in total. The Morgan fingerprint density at radius 1 is 1.03 bits per heavy atom. The predicted octanol–water partition coefficient (Wildman–Crippen LogP) is 4.42. The van der Waals surface area contributed by atoms with Gasteiger partial charge in [-0.3, -0.25) is 0 Å². The van der Waals surface area contributed by atoms with E-state index in [9.17, 15) is 5.11 Å². The van der Waals surface area contributed by atoms with Crippen LogP contribution in [0.5, 0.6) is 11.8 Å². The van der Waals surface area contributed by atoms with E-state index >= 15 is 0 Å². The number of aliphatic hydroxyl groups excluding tert-OH is 1. The minimum absolute atomic E-state index is 0.194. The Morgan fingerprint density at radius 2 is 1.83 bits per heavy atom. The van der Waals surface area contributed by atoms with Crippen molar-refractivity contribution in [3.05, 3.63) is 70.7 Å². The molecular weight excluding hydrogens is 376 g/mol. The van der Waals surface area contributed by atoms with Crippen LogP contribution in [0, 0.1) is 0 Å². The maximum absolute atomic E-state index is 10.6. The first-order valence-corrected chi connectivity index (χ1v) is 10.7. The molecule has 0 spiro atoms. The van der Waals surface area contributed by atoms with Gasteiger partial charge in [-0.1, -0.05) is 45.0 Å². The lowest BCUT2D eigenvalue weighted by Gasteiger charge is -2.21. The minimum Gasteiger partial charge on any atom is -0.419 e. The van der Waals surface area contributed by atoms with Crippen LogP contribution in [0.25, 0.3) is 0 Å². The van der Waals surface area contributed by atoms with E-state index in [0.717, 1.165) is 28.9 Å². The zero-order valence-electron chi connectivity index (χ0n) is 17.7. The van der Waals surface area contributed by atoms with Crippen molar-refractivity contribution < 1.29 is 9.84 Å². The van der Waals surface area contributed by atoms with Crippen LogP contribution in [-0.2, 0) is 25.7 Å². The number of fused-ring (bicyclic) bond motifs is 1. The molecule has 1 aliphatic carbocycles. The van der Waals surface area contributed by atoms with Crippen LogP contribution in [0.15, 0.2) is 42.6 Å². The normalized spacial score (nSPS) is 17.6. The summed E-state index contributed by atoms with van der Waals surface area (Å²) in [6.45, 7) is 6.17. The van der Waals surface area contributed by atoms with Crippen molar-refractivity contribution in [3.63, 3.8) is 0 Å². The van der Waals surface area contributed by atoms with Gasteiger partial charge in [0.15, 0.2) is 0 Å². The van der Waals surface area contributed by atoms with Gasteiger partial charge in [0.1, 0.15) is 11.5 Å². The molecule has 1 aromatic carbocycles. The highest BCUT2D eigenvalue weighted by Crippen LogP contribution is 2.35. The van der Waals surface area contributed by atoms with Gasteiger partial charge in [-0.15, -0.1) is 0 Å². The molecule has 1 aliphatic rings. The minimum atomic E-state index is -0.490. The number of ether oxygens (including phenoxy) is 1. The van der Waals surface area contributed by atoms with Crippen molar-refractivity contribution in [2.24, 2.45) is 0 Å². The van der Waals surface area contributed by atoms with Crippen molar-refractivity contribution in [2.45, 2.75) is 58.6 Å². The first-order chi connectivity index (χ1) is 14.6. The molecule has 0 bridgehead atoms. The van der Waals surface area contributed by atoms with Gasteiger partial charge < -0.3 is 15.2 Å². The number of aryl methyl sites for hydroxylation is 3. The summed E-state index contributed by atoms with van der Waals surface area (Å²) in [4.78, 5) is 13.9. The molecule has 0 fully saturated rings. The summed E-state index contributed by atoms with van der Waals surface area (Å²) in [5.41, 5.74) is 5.03. The second-order valence-corrected chi connectivity index (χ2v) is 7.53. The molecule has 0 unspecified atom stereocenters. The Morgan fingerprint density at radius 3 is 2.60 bits per heavy atom. The Kier molecular flexibility index (Phi) is 5.95. The summed E-state index contributed by atoms with van der Waals surface area (Å²) < 4.78 is 6.03. The van der Waals surface area contributed by atoms with Crippen LogP contribution in [0.2, 0.25) is 0 Å². The number of nitrogens with one attached hydrogen (secondary N) is 1. The molecule has 3 aromatic rings. The Balaban J connectivity index is 1.65. The number of aromatic nitrogens is 3. The molecule has 6 nitrogen and oxygen atoms in total. The van der Waals surface area contributed by atoms with Gasteiger partial charge in [0.05, 0.1) is 17.8 Å². The molecule has 6 heteroatoms. The fourth-order valence-corrected chi connectivity index (χ4v) is 3.88. The Labute approximate surface area is 177 Å². The first-order valence-electron chi connectivity index (χ1n) is 10.7. The van der Waals surface area contributed by atoms with Gasteiger partial charge in [-0.25, -0.2) is 15.0 Å². The lowest BCUT2D eigenvalue weighted by Crippen LogP contribution is -2.23. The SMILES string of the molecule is CCc1ccnc(Oc2nc(CC)c(N[C@@H]3c4ccccc4C[C@@H]3O)nc2CC)c1. The zero-order chi connectivity index (χ0) is 21.1. The average molecular weight is 405 g/mol. The van der Waals surface area contributed by atoms with Crippen LogP contribution in [0.4, 0.5) is 5.82 Å². The van der Waals surface area contributed by atoms with Gasteiger partial charge in [0.25, 0.3) is 0 Å². The molecule has 2 atom stereocenters. The highest BCUT2D eigenvalue weighted by molar-refractivity contribution is 5.49. The quantitative estimate of drug-likeness (QED) is 0.607. The van der Waals surface area contributed by atoms with Crippen LogP contribution >= 0.6 is 0 Å². The molecule has 0 aliphatic heterocycles. The van der Waals surface area contributed by atoms with E-state index in [0.29, 0.717) is 36.8 Å². The second-order valence-electron chi connectivity index (χ2n) is 7.53. The molecule has 0 saturated heterocycles. The fourth-order valence-electron chi connectivity index (χ4n) is 3.88. The molecule has 4 rings (SSSR count). The predicted molar refractivity (Wildman–Crippen MR) is 117 cm³/mol. The van der Waals surface area contributed by atoms with Gasteiger partial charge in [-0.05, 0) is 42.0 Å². The van der Waals surface area contributed by atoms with Crippen molar-refractivity contribution in [1.82, 2.24) is 15.0 Å². The fraction of sp³-hybridized carbons (Fsp3) is 0.375. The van der Waals surface area contributed by atoms with Gasteiger partial charge >= 0.3 is 0 Å². The summed E-state index contributed by atoms with van der Waals surface area (Å²) in [7, 11) is 0. The number of nitrogens with zero attached hydrogens (tertiary/aromatic N) is 3. The molecule has 0 radical (unpaired) electrons. The number of anilines is 1. The van der Waals surface area contributed by atoms with E-state index in [1.807, 2.05) is 38.1 Å². The van der Waals surface area contributed by atoms with Crippen molar-refractivity contribution in [2.75, 3.05) is 5.32 Å². The summed E-state index contributed by atoms with van der Waals surface area (Å²) >= 11 is 0. The maximum atomic E-state index is 10.6. The first kappa shape index (κ1) is 20.3. The number of pyridine rings is 1. The van der Waals surface area contributed by atoms with Gasteiger partial charge in [0, 0.05) is 18.7 Å². The molecule has 2 aromatic heterocycles. The molecule has 2 heterocycles. The summed E-state index contributed by atoms with van der Waals surface area (Å²) in [5.74, 6) is 1.73. The van der Waals surface area contributed by atoms with Gasteiger partial charge in [0.2, 0.25) is 11.8 Å². The standard InChI is InChI=1S/C24H28N4O2/c1-4-15-11-12-25-21(13-15)30-24-19(6-3)26-23(18(5-2)27-24)28-22-17-10-8-7-9-16(17)14-20(22)29/h7-13,20,22,29H,4-6,14H2,1-3H3,(H,26,28)/t20-,22+/m0/s1. The summed E-state index contributed by atoms with van der Waals surface area (Å²) in [6.07, 6.45) is 4.20. The van der Waals surface area contributed by atoms with E-state index < -0.39 is 6.10 Å². The summed E-state index contributed by atoms with van der Waals surface area (Å²) in [5, 5.41) is 14.1. The maximum Gasteiger partial charge on any atom is 0.243 e. The van der Waals surface area contributed by atoms with Crippen molar-refractivity contribution in [3.8, 4) is 11.8 Å². The Bertz CT molecular complexity index is 1040. The third kappa shape index (κ3) is 4.00. The monoisotopic (exact) mass is 404 g/mol. The van der Waals surface area contributed by atoms with Gasteiger partial charge in [-0.2, -0.15) is 0 Å². The number of rotatable bonds is 7. The largest absolute Gasteiger partial charge is 0.419 e. The van der Waals surface area contributed by atoms with Crippen LogP contribution in [0.3, 0.4) is 0 Å². The van der Waals surface area contributed by atoms with E-state index in [-0.39, 0.29) is 6.04 Å². The third-order valence-electron chi connectivity index (χ3n) is 5.58. The van der Waals surface area contributed by atoms with Crippen LogP contribution in [0.1, 0.15) is 54.9 Å². The lowest BCUT2D eigenvalue weighted by atomic mass is 10.1. The molecule has 30 heavy (non-hydrogen) atoms. The van der Waals surface area contributed by atoms with E-state index in [4.69, 9.17) is 14.7 Å². The van der Waals surface area contributed by atoms with E-state index in [2.05, 4.69) is 29.4 Å². The lowest BCUT2D eigenvalue weighted by molar-refractivity contribution is 0.165. The molecular formula is C24H28N4O2. The average Bonchev–Trinajstić information content (AvgIpc) is 3.09. The Hall–Kier alpha value is -2.99. The molecule has 156 valence electrons. The van der Waals surface area contributed by atoms with Crippen LogP contribution in [-0.4, -0.2) is 26.2 Å². The van der Waals surface area contributed by atoms with Crippen molar-refractivity contribution >= 4 is 5.82 Å². The number of benzene rings is 1. The highest BCUT2D eigenvalue weighted by Gasteiger charge is 2.31.